The molecule has 1 aliphatic rings. The normalized spacial score (nSPS) is 13.6. The van der Waals surface area contributed by atoms with Crippen molar-refractivity contribution in [2.45, 2.75) is 33.0 Å². The largest absolute Gasteiger partial charge is 0.504 e. The van der Waals surface area contributed by atoms with Gasteiger partial charge < -0.3 is 29.7 Å². The molecule has 0 saturated carbocycles. The smallest absolute Gasteiger partial charge is 0.416 e. The predicted octanol–water partition coefficient (Wildman–Crippen LogP) is 3.50. The predicted molar refractivity (Wildman–Crippen MR) is 169 cm³/mol. The molecule has 0 radical (unpaired) electrons. The minimum absolute atomic E-state index is 0.0139. The number of fused-ring (bicyclic) bond motifs is 1. The van der Waals surface area contributed by atoms with Gasteiger partial charge in [0.05, 0.1) is 28.2 Å². The number of nitrogens with one attached hydrogen (secondary N) is 1. The minimum atomic E-state index is -4.60. The molecule has 1 saturated heterocycles. The molecule has 4 aromatic rings. The van der Waals surface area contributed by atoms with E-state index in [9.17, 15) is 32.7 Å². The summed E-state index contributed by atoms with van der Waals surface area (Å²) in [5.74, 6) is -0.977. The quantitative estimate of drug-likeness (QED) is 0.299. The van der Waals surface area contributed by atoms with Crippen molar-refractivity contribution in [3.8, 4) is 5.75 Å². The molecule has 1 aliphatic heterocycles. The molecule has 4 heterocycles. The third-order valence-corrected chi connectivity index (χ3v) is 8.09. The highest BCUT2D eigenvalue weighted by molar-refractivity contribution is 6.33. The number of nitrogens with zero attached hydrogens (tertiary/aromatic N) is 8. The van der Waals surface area contributed by atoms with Gasteiger partial charge in [-0.1, -0.05) is 18.5 Å². The van der Waals surface area contributed by atoms with Crippen molar-refractivity contribution in [3.05, 3.63) is 68.6 Å². The lowest BCUT2D eigenvalue weighted by atomic mass is 10.1. The molecule has 1 fully saturated rings. The van der Waals surface area contributed by atoms with Gasteiger partial charge in [0.1, 0.15) is 24.4 Å². The third-order valence-electron chi connectivity index (χ3n) is 7.78. The lowest BCUT2D eigenvalue weighted by Gasteiger charge is -2.37. The molecule has 17 heteroatoms. The Kier molecular flexibility index (Phi) is 9.25. The number of carbonyl (C=O) groups is 2. The van der Waals surface area contributed by atoms with Crippen molar-refractivity contribution in [2.24, 2.45) is 0 Å². The number of carbonyl (C=O) groups excluding carboxylic acids is 2. The lowest BCUT2D eigenvalue weighted by molar-refractivity contribution is -0.137. The Labute approximate surface area is 271 Å². The highest BCUT2D eigenvalue weighted by Crippen LogP contribution is 2.34. The van der Waals surface area contributed by atoms with Crippen LogP contribution in [0, 0.1) is 6.92 Å². The lowest BCUT2D eigenvalue weighted by Crippen LogP contribution is -2.50. The summed E-state index contributed by atoms with van der Waals surface area (Å²) in [7, 11) is 3.48. The maximum Gasteiger partial charge on any atom is 0.416 e. The number of benzene rings is 1. The molecule has 0 bridgehead atoms. The van der Waals surface area contributed by atoms with Crippen molar-refractivity contribution in [1.82, 2.24) is 29.4 Å². The van der Waals surface area contributed by atoms with Crippen LogP contribution < -0.4 is 20.5 Å². The van der Waals surface area contributed by atoms with Crippen LogP contribution in [0.2, 0.25) is 5.02 Å². The van der Waals surface area contributed by atoms with E-state index >= 15 is 0 Å². The van der Waals surface area contributed by atoms with E-state index in [1.807, 2.05) is 11.8 Å². The Hall–Kier alpha value is -4.99. The highest BCUT2D eigenvalue weighted by atomic mass is 35.5. The summed E-state index contributed by atoms with van der Waals surface area (Å²) in [6.45, 7) is 3.93. The van der Waals surface area contributed by atoms with Gasteiger partial charge in [-0.05, 0) is 31.5 Å². The summed E-state index contributed by atoms with van der Waals surface area (Å²) < 4.78 is 40.9. The number of pyridine rings is 1. The number of amides is 2. The second-order valence-electron chi connectivity index (χ2n) is 11.0. The van der Waals surface area contributed by atoms with Crippen molar-refractivity contribution >= 4 is 51.8 Å². The van der Waals surface area contributed by atoms with E-state index in [-0.39, 0.29) is 71.7 Å². The van der Waals surface area contributed by atoms with Crippen molar-refractivity contribution in [1.29, 1.82) is 0 Å². The van der Waals surface area contributed by atoms with Gasteiger partial charge >= 0.3 is 6.18 Å². The van der Waals surface area contributed by atoms with E-state index < -0.39 is 29.0 Å². The SMILES string of the molecule is CCc1c(N2CCN(C(=O)c3ncnc(C)c3O)CC2)c(=O)c2nc(N(C)C)cnc2n1CC(=O)Nc1ccc(C(F)(F)F)cc1Cl. The topological polar surface area (TPSA) is 150 Å². The first-order valence-electron chi connectivity index (χ1n) is 14.5. The maximum absolute atomic E-state index is 14.1. The minimum Gasteiger partial charge on any atom is -0.504 e. The highest BCUT2D eigenvalue weighted by Gasteiger charge is 2.32. The van der Waals surface area contributed by atoms with E-state index in [1.165, 1.54) is 17.4 Å². The number of hydrogen-bond acceptors (Lipinski definition) is 10. The Morgan fingerprint density at radius 1 is 1.11 bits per heavy atom. The van der Waals surface area contributed by atoms with Gasteiger partial charge in [-0.2, -0.15) is 13.2 Å². The standard InChI is InChI=1S/C30H31ClF3N9O4/c1-5-20-25(41-8-10-42(11-9-41)29(47)24-26(45)16(2)36-15-37-24)27(46)23-28(35-13-21(39-23)40(3)4)43(20)14-22(44)38-19-7-6-17(12-18(19)31)30(32,33)34/h6-7,12-13,15,45H,5,8-11,14H2,1-4H3,(H,38,44). The van der Waals surface area contributed by atoms with E-state index in [0.29, 0.717) is 23.6 Å². The van der Waals surface area contributed by atoms with Gasteiger partial charge in [-0.25, -0.2) is 19.9 Å². The molecule has 0 aliphatic carbocycles. The van der Waals surface area contributed by atoms with Crippen LogP contribution in [0.5, 0.6) is 5.75 Å². The monoisotopic (exact) mass is 673 g/mol. The average Bonchev–Trinajstić information content (AvgIpc) is 3.03. The van der Waals surface area contributed by atoms with E-state index in [0.717, 1.165) is 18.2 Å². The number of hydrogen-bond donors (Lipinski definition) is 2. The van der Waals surface area contributed by atoms with Crippen molar-refractivity contribution < 1.29 is 27.9 Å². The van der Waals surface area contributed by atoms with Crippen LogP contribution in [0.1, 0.15) is 34.4 Å². The Morgan fingerprint density at radius 3 is 2.43 bits per heavy atom. The van der Waals surface area contributed by atoms with Crippen molar-refractivity contribution in [2.75, 3.05) is 55.4 Å². The fraction of sp³-hybridized carbons (Fsp3) is 0.367. The molecule has 0 atom stereocenters. The first-order valence-corrected chi connectivity index (χ1v) is 14.9. The molecule has 5 rings (SSSR count). The molecule has 0 unspecified atom stereocenters. The molecule has 248 valence electrons. The summed E-state index contributed by atoms with van der Waals surface area (Å²) in [5, 5.41) is 12.6. The molecule has 13 nitrogen and oxygen atoms in total. The van der Waals surface area contributed by atoms with Crippen LogP contribution in [0.3, 0.4) is 0 Å². The van der Waals surface area contributed by atoms with Crippen LogP contribution in [0.15, 0.2) is 35.5 Å². The summed E-state index contributed by atoms with van der Waals surface area (Å²) in [6.07, 6.45) is -1.63. The Balaban J connectivity index is 1.49. The number of piperazine rings is 1. The number of anilines is 3. The fourth-order valence-corrected chi connectivity index (χ4v) is 5.55. The molecule has 47 heavy (non-hydrogen) atoms. The zero-order valence-corrected chi connectivity index (χ0v) is 26.6. The maximum atomic E-state index is 14.1. The van der Waals surface area contributed by atoms with Crippen LogP contribution in [0.25, 0.3) is 11.2 Å². The molecular formula is C30H31ClF3N9O4. The van der Waals surface area contributed by atoms with Gasteiger partial charge in [0.2, 0.25) is 11.3 Å². The third kappa shape index (κ3) is 6.63. The first-order chi connectivity index (χ1) is 22.2. The summed E-state index contributed by atoms with van der Waals surface area (Å²) in [5.41, 5.74) is -0.276. The van der Waals surface area contributed by atoms with Gasteiger partial charge in [0, 0.05) is 46.0 Å². The summed E-state index contributed by atoms with van der Waals surface area (Å²) in [6, 6.07) is 2.62. The zero-order chi connectivity index (χ0) is 34.2. The second-order valence-corrected chi connectivity index (χ2v) is 11.4. The van der Waals surface area contributed by atoms with E-state index in [1.54, 1.807) is 30.5 Å². The molecule has 2 amide bonds. The molecule has 1 aromatic carbocycles. The van der Waals surface area contributed by atoms with Crippen molar-refractivity contribution in [3.63, 3.8) is 0 Å². The molecule has 2 N–H and O–H groups in total. The number of rotatable bonds is 7. The molecule has 0 spiro atoms. The van der Waals surface area contributed by atoms with Gasteiger partial charge in [-0.15, -0.1) is 0 Å². The molecular weight excluding hydrogens is 643 g/mol. The van der Waals surface area contributed by atoms with Gasteiger partial charge in [-0.3, -0.25) is 14.4 Å². The number of halogens is 4. The number of aryl methyl sites for hydroxylation is 1. The number of aromatic nitrogens is 5. The fourth-order valence-electron chi connectivity index (χ4n) is 5.32. The van der Waals surface area contributed by atoms with Gasteiger partial charge in [0.25, 0.3) is 5.91 Å². The van der Waals surface area contributed by atoms with Gasteiger partial charge in [0.15, 0.2) is 22.6 Å². The number of alkyl halides is 3. The van der Waals surface area contributed by atoms with Crippen LogP contribution in [-0.4, -0.2) is 86.6 Å². The Morgan fingerprint density at radius 2 is 1.81 bits per heavy atom. The second kappa shape index (κ2) is 13.0. The molecule has 3 aromatic heterocycles. The average molecular weight is 674 g/mol. The summed E-state index contributed by atoms with van der Waals surface area (Å²) >= 11 is 6.07. The van der Waals surface area contributed by atoms with E-state index in [2.05, 4.69) is 25.3 Å². The van der Waals surface area contributed by atoms with E-state index in [4.69, 9.17) is 11.6 Å². The summed E-state index contributed by atoms with van der Waals surface area (Å²) in [4.78, 5) is 62.4. The zero-order valence-electron chi connectivity index (χ0n) is 25.9. The first kappa shape index (κ1) is 33.4. The Bertz CT molecular complexity index is 1930. The van der Waals surface area contributed by atoms with Crippen LogP contribution in [0.4, 0.5) is 30.4 Å². The van der Waals surface area contributed by atoms with Crippen LogP contribution in [-0.2, 0) is 23.9 Å². The van der Waals surface area contributed by atoms with Crippen LogP contribution >= 0.6 is 11.6 Å². The number of aromatic hydroxyl groups is 1.